The van der Waals surface area contributed by atoms with Crippen molar-refractivity contribution in [1.29, 1.82) is 5.26 Å². The SMILES string of the molecule is N#CC1=CCCC(C(=O)Nc2nc3cc4c(cc3[nH]2)OC(F)(F)O4)=C1. The second-order valence-corrected chi connectivity index (χ2v) is 5.50. The number of anilines is 1. The van der Waals surface area contributed by atoms with Crippen molar-refractivity contribution in [1.82, 2.24) is 9.97 Å². The number of H-pyrrole nitrogens is 1. The molecule has 0 atom stereocenters. The molecule has 2 N–H and O–H groups in total. The molecule has 0 saturated heterocycles. The van der Waals surface area contributed by atoms with Gasteiger partial charge in [-0.3, -0.25) is 10.1 Å². The van der Waals surface area contributed by atoms with Crippen molar-refractivity contribution in [3.05, 3.63) is 35.4 Å². The van der Waals surface area contributed by atoms with Crippen LogP contribution in [0.15, 0.2) is 35.4 Å². The van der Waals surface area contributed by atoms with Gasteiger partial charge in [-0.1, -0.05) is 6.08 Å². The number of carbonyl (C=O) groups is 1. The average Bonchev–Trinajstić information content (AvgIpc) is 3.09. The van der Waals surface area contributed by atoms with Crippen LogP contribution in [0.4, 0.5) is 14.7 Å². The van der Waals surface area contributed by atoms with Gasteiger partial charge in [0.25, 0.3) is 5.91 Å². The fourth-order valence-corrected chi connectivity index (χ4v) is 2.66. The van der Waals surface area contributed by atoms with Gasteiger partial charge < -0.3 is 14.5 Å². The summed E-state index contributed by atoms with van der Waals surface area (Å²) in [5, 5.41) is 11.5. The van der Waals surface area contributed by atoms with Gasteiger partial charge in [0.05, 0.1) is 17.1 Å². The molecule has 1 aromatic carbocycles. The minimum Gasteiger partial charge on any atom is -0.395 e. The van der Waals surface area contributed by atoms with E-state index in [9.17, 15) is 13.6 Å². The average molecular weight is 344 g/mol. The number of imidazole rings is 1. The third kappa shape index (κ3) is 2.78. The highest BCUT2D eigenvalue weighted by Gasteiger charge is 2.43. The van der Waals surface area contributed by atoms with Gasteiger partial charge >= 0.3 is 6.29 Å². The Bertz CT molecular complexity index is 956. The van der Waals surface area contributed by atoms with Crippen LogP contribution in [-0.4, -0.2) is 22.2 Å². The molecular formula is C16H10F2N4O3. The van der Waals surface area contributed by atoms with Crippen molar-refractivity contribution in [3.63, 3.8) is 0 Å². The van der Waals surface area contributed by atoms with Gasteiger partial charge in [0.2, 0.25) is 5.95 Å². The van der Waals surface area contributed by atoms with E-state index in [1.165, 1.54) is 18.2 Å². The number of hydrogen-bond donors (Lipinski definition) is 2. The second kappa shape index (κ2) is 5.31. The van der Waals surface area contributed by atoms with Gasteiger partial charge in [0.1, 0.15) is 0 Å². The molecule has 0 unspecified atom stereocenters. The highest BCUT2D eigenvalue weighted by atomic mass is 19.3. The van der Waals surface area contributed by atoms with Crippen molar-refractivity contribution >= 4 is 22.9 Å². The maximum Gasteiger partial charge on any atom is 0.586 e. The first-order chi connectivity index (χ1) is 11.9. The Balaban J connectivity index is 1.58. The highest BCUT2D eigenvalue weighted by molar-refractivity contribution is 6.04. The number of carbonyl (C=O) groups excluding carboxylic acids is 1. The Hall–Kier alpha value is -3.41. The third-order valence-electron chi connectivity index (χ3n) is 3.77. The van der Waals surface area contributed by atoms with Crippen molar-refractivity contribution < 1.29 is 23.0 Å². The molecule has 2 aromatic rings. The van der Waals surface area contributed by atoms with Crippen molar-refractivity contribution in [2.75, 3.05) is 5.32 Å². The van der Waals surface area contributed by atoms with Crippen LogP contribution in [0.3, 0.4) is 0 Å². The fraction of sp³-hybridized carbons (Fsp3) is 0.188. The summed E-state index contributed by atoms with van der Waals surface area (Å²) in [5.74, 6) is -0.464. The van der Waals surface area contributed by atoms with E-state index >= 15 is 0 Å². The van der Waals surface area contributed by atoms with E-state index in [0.717, 1.165) is 0 Å². The van der Waals surface area contributed by atoms with Crippen molar-refractivity contribution in [2.45, 2.75) is 19.1 Å². The van der Waals surface area contributed by atoms with E-state index in [2.05, 4.69) is 24.8 Å². The predicted octanol–water partition coefficient (Wildman–Crippen LogP) is 2.99. The molecule has 2 heterocycles. The molecule has 25 heavy (non-hydrogen) atoms. The molecule has 0 radical (unpaired) electrons. The van der Waals surface area contributed by atoms with Crippen LogP contribution in [0, 0.1) is 11.3 Å². The topological polar surface area (TPSA) is 100 Å². The molecule has 1 aliphatic carbocycles. The van der Waals surface area contributed by atoms with Crippen LogP contribution in [0.25, 0.3) is 11.0 Å². The molecule has 0 fully saturated rings. The van der Waals surface area contributed by atoms with Gasteiger partial charge in [0.15, 0.2) is 11.5 Å². The number of benzene rings is 1. The second-order valence-electron chi connectivity index (χ2n) is 5.50. The quantitative estimate of drug-likeness (QED) is 0.872. The van der Waals surface area contributed by atoms with Gasteiger partial charge in [-0.2, -0.15) is 5.26 Å². The van der Waals surface area contributed by atoms with Crippen LogP contribution in [0.2, 0.25) is 0 Å². The number of fused-ring (bicyclic) bond motifs is 2. The molecule has 7 nitrogen and oxygen atoms in total. The van der Waals surface area contributed by atoms with Gasteiger partial charge in [-0.05, 0) is 18.9 Å². The summed E-state index contributed by atoms with van der Waals surface area (Å²) in [5.41, 5.74) is 1.65. The summed E-state index contributed by atoms with van der Waals surface area (Å²) < 4.78 is 34.8. The largest absolute Gasteiger partial charge is 0.586 e. The number of ether oxygens (including phenoxy) is 2. The maximum absolute atomic E-state index is 13.0. The van der Waals surface area contributed by atoms with Crippen LogP contribution < -0.4 is 14.8 Å². The third-order valence-corrected chi connectivity index (χ3v) is 3.77. The molecule has 0 bridgehead atoms. The van der Waals surface area contributed by atoms with Crippen molar-refractivity contribution in [2.24, 2.45) is 0 Å². The van der Waals surface area contributed by atoms with E-state index < -0.39 is 6.29 Å². The van der Waals surface area contributed by atoms with Crippen molar-refractivity contribution in [3.8, 4) is 17.6 Å². The first kappa shape index (κ1) is 15.1. The first-order valence-electron chi connectivity index (χ1n) is 7.35. The molecule has 1 aromatic heterocycles. The summed E-state index contributed by atoms with van der Waals surface area (Å²) in [7, 11) is 0. The van der Waals surface area contributed by atoms with Gasteiger partial charge in [-0.25, -0.2) is 4.98 Å². The molecule has 0 saturated carbocycles. The Kier molecular flexibility index (Phi) is 3.21. The number of alkyl halides is 2. The number of amides is 1. The number of allylic oxidation sites excluding steroid dienone is 3. The normalized spacial score (nSPS) is 17.6. The molecule has 1 aliphatic heterocycles. The Morgan fingerprint density at radius 1 is 1.36 bits per heavy atom. The zero-order chi connectivity index (χ0) is 17.6. The zero-order valence-corrected chi connectivity index (χ0v) is 12.6. The smallest absolute Gasteiger partial charge is 0.395 e. The number of nitrogens with zero attached hydrogens (tertiary/aromatic N) is 2. The van der Waals surface area contributed by atoms with Gasteiger partial charge in [0, 0.05) is 23.3 Å². The number of halogens is 2. The highest BCUT2D eigenvalue weighted by Crippen LogP contribution is 2.42. The number of aromatic amines is 1. The monoisotopic (exact) mass is 344 g/mol. The maximum atomic E-state index is 13.0. The first-order valence-corrected chi connectivity index (χ1v) is 7.35. The molecule has 2 aliphatic rings. The number of hydrogen-bond acceptors (Lipinski definition) is 5. The lowest BCUT2D eigenvalue weighted by Gasteiger charge is -2.09. The molecule has 0 spiro atoms. The lowest BCUT2D eigenvalue weighted by atomic mass is 10.00. The lowest BCUT2D eigenvalue weighted by Crippen LogP contribution is -2.25. The molecule has 1 amide bonds. The molecule has 126 valence electrons. The predicted molar refractivity (Wildman–Crippen MR) is 81.9 cm³/mol. The Morgan fingerprint density at radius 2 is 2.12 bits per heavy atom. The zero-order valence-electron chi connectivity index (χ0n) is 12.6. The minimum atomic E-state index is -3.70. The summed E-state index contributed by atoms with van der Waals surface area (Å²) in [6, 6.07) is 4.62. The van der Waals surface area contributed by atoms with E-state index in [1.54, 1.807) is 6.08 Å². The number of nitrogens with one attached hydrogen (secondary N) is 2. The summed E-state index contributed by atoms with van der Waals surface area (Å²) in [6.07, 6.45) is 0.715. The van der Waals surface area contributed by atoms with Crippen LogP contribution in [0.5, 0.6) is 11.5 Å². The van der Waals surface area contributed by atoms with Crippen LogP contribution >= 0.6 is 0 Å². The Labute approximate surface area is 139 Å². The van der Waals surface area contributed by atoms with E-state index in [-0.39, 0.29) is 23.4 Å². The van der Waals surface area contributed by atoms with E-state index in [0.29, 0.717) is 35.0 Å². The van der Waals surface area contributed by atoms with E-state index in [4.69, 9.17) is 5.26 Å². The fourth-order valence-electron chi connectivity index (χ4n) is 2.66. The number of nitriles is 1. The number of aromatic nitrogens is 2. The minimum absolute atomic E-state index is 0.113. The summed E-state index contributed by atoms with van der Waals surface area (Å²) in [6.45, 7) is 0. The summed E-state index contributed by atoms with van der Waals surface area (Å²) >= 11 is 0. The molecular weight excluding hydrogens is 334 g/mol. The summed E-state index contributed by atoms with van der Waals surface area (Å²) in [4.78, 5) is 19.2. The number of rotatable bonds is 2. The molecule has 4 rings (SSSR count). The Morgan fingerprint density at radius 3 is 2.88 bits per heavy atom. The molecule has 9 heteroatoms. The van der Waals surface area contributed by atoms with Crippen LogP contribution in [0.1, 0.15) is 12.8 Å². The van der Waals surface area contributed by atoms with Crippen LogP contribution in [-0.2, 0) is 4.79 Å². The van der Waals surface area contributed by atoms with E-state index in [1.807, 2.05) is 6.07 Å². The lowest BCUT2D eigenvalue weighted by molar-refractivity contribution is -0.286. The van der Waals surface area contributed by atoms with Gasteiger partial charge in [-0.15, -0.1) is 8.78 Å². The standard InChI is InChI=1S/C16H10F2N4O3/c17-16(18)24-12-5-10-11(6-13(12)25-16)21-15(20-10)22-14(23)9-3-1-2-8(4-9)7-19/h2,4-6H,1,3H2,(H2,20,21,22,23).